The molecule has 21 heavy (non-hydrogen) atoms. The molecule has 1 saturated carbocycles. The Hall–Kier alpha value is -1.06. The maximum Gasteiger partial charge on any atom is 0.0499 e. The molecule has 2 N–H and O–H groups in total. The second-order valence-electron chi connectivity index (χ2n) is 6.96. The lowest BCUT2D eigenvalue weighted by Crippen LogP contribution is -2.38. The highest BCUT2D eigenvalue weighted by Gasteiger charge is 2.30. The van der Waals surface area contributed by atoms with Crippen LogP contribution in [0.25, 0.3) is 0 Å². The molecule has 3 rings (SSSR count). The van der Waals surface area contributed by atoms with Crippen molar-refractivity contribution in [1.82, 2.24) is 5.32 Å². The molecule has 0 bridgehead atoms. The quantitative estimate of drug-likeness (QED) is 0.874. The Morgan fingerprint density at radius 3 is 2.81 bits per heavy atom. The molecule has 1 fully saturated rings. The fourth-order valence-electron chi connectivity index (χ4n) is 3.89. The van der Waals surface area contributed by atoms with E-state index in [2.05, 4.69) is 35.5 Å². The first-order valence-corrected chi connectivity index (χ1v) is 8.37. The lowest BCUT2D eigenvalue weighted by atomic mass is 9.74. The van der Waals surface area contributed by atoms with E-state index in [4.69, 9.17) is 0 Å². The number of nitrogens with one attached hydrogen (secondary N) is 1. The first kappa shape index (κ1) is 14.9. The molecular weight excluding hydrogens is 260 g/mol. The summed E-state index contributed by atoms with van der Waals surface area (Å²) in [6.45, 7) is 3.33. The summed E-state index contributed by atoms with van der Waals surface area (Å²) in [6.07, 6.45) is 7.39. The van der Waals surface area contributed by atoms with Crippen molar-refractivity contribution in [2.75, 3.05) is 31.6 Å². The fraction of sp³-hybridized carbons (Fsp3) is 0.667. The highest BCUT2D eigenvalue weighted by Crippen LogP contribution is 2.35. The average Bonchev–Trinajstić information content (AvgIpc) is 2.89. The summed E-state index contributed by atoms with van der Waals surface area (Å²) in [5, 5.41) is 13.3. The summed E-state index contributed by atoms with van der Waals surface area (Å²) in [4.78, 5) is 2.33. The predicted octanol–water partition coefficient (Wildman–Crippen LogP) is 2.71. The van der Waals surface area contributed by atoms with Gasteiger partial charge < -0.3 is 15.3 Å². The molecular formula is C18H28N2O. The van der Waals surface area contributed by atoms with Crippen LogP contribution in [0.2, 0.25) is 0 Å². The van der Waals surface area contributed by atoms with Gasteiger partial charge in [-0.1, -0.05) is 31.4 Å². The van der Waals surface area contributed by atoms with E-state index in [0.29, 0.717) is 6.61 Å². The van der Waals surface area contributed by atoms with E-state index in [0.717, 1.165) is 19.6 Å². The van der Waals surface area contributed by atoms with Crippen LogP contribution in [-0.2, 0) is 13.0 Å². The molecule has 116 valence electrons. The van der Waals surface area contributed by atoms with E-state index in [1.165, 1.54) is 55.3 Å². The second-order valence-corrected chi connectivity index (χ2v) is 6.96. The number of nitrogens with zero attached hydrogens (tertiary/aromatic N) is 1. The van der Waals surface area contributed by atoms with Gasteiger partial charge >= 0.3 is 0 Å². The molecule has 1 aromatic carbocycles. The van der Waals surface area contributed by atoms with Gasteiger partial charge in [0.2, 0.25) is 0 Å². The van der Waals surface area contributed by atoms with Crippen molar-refractivity contribution in [3.8, 4) is 0 Å². The number of hydrogen-bond donors (Lipinski definition) is 2. The zero-order valence-corrected chi connectivity index (χ0v) is 13.2. The Morgan fingerprint density at radius 2 is 2.05 bits per heavy atom. The van der Waals surface area contributed by atoms with Gasteiger partial charge in [-0.25, -0.2) is 0 Å². The van der Waals surface area contributed by atoms with Gasteiger partial charge in [0.25, 0.3) is 0 Å². The first-order chi connectivity index (χ1) is 10.2. The van der Waals surface area contributed by atoms with Crippen molar-refractivity contribution in [2.45, 2.75) is 45.1 Å². The minimum atomic E-state index is 0.134. The van der Waals surface area contributed by atoms with Crippen LogP contribution < -0.4 is 10.2 Å². The number of hydrogen-bond acceptors (Lipinski definition) is 3. The van der Waals surface area contributed by atoms with Gasteiger partial charge in [-0.05, 0) is 36.5 Å². The molecule has 1 aliphatic carbocycles. The maximum absolute atomic E-state index is 9.75. The number of aliphatic hydroxyl groups is 1. The van der Waals surface area contributed by atoms with Gasteiger partial charge in [0, 0.05) is 44.4 Å². The Bertz CT molecular complexity index is 480. The number of rotatable bonds is 5. The van der Waals surface area contributed by atoms with Gasteiger partial charge in [-0.3, -0.25) is 0 Å². The largest absolute Gasteiger partial charge is 0.396 e. The molecule has 0 atom stereocenters. The number of likely N-dealkylation sites (N-methyl/N-ethyl adjacent to an activating group) is 1. The predicted molar refractivity (Wildman–Crippen MR) is 87.7 cm³/mol. The van der Waals surface area contributed by atoms with Crippen LogP contribution in [0.3, 0.4) is 0 Å². The number of anilines is 1. The normalized spacial score (nSPS) is 20.6. The van der Waals surface area contributed by atoms with Gasteiger partial charge in [0.05, 0.1) is 0 Å². The van der Waals surface area contributed by atoms with Crippen LogP contribution in [-0.4, -0.2) is 31.9 Å². The zero-order chi connectivity index (χ0) is 14.7. The zero-order valence-electron chi connectivity index (χ0n) is 13.2. The van der Waals surface area contributed by atoms with Crippen LogP contribution in [0.1, 0.15) is 43.2 Å². The van der Waals surface area contributed by atoms with Crippen LogP contribution in [0.4, 0.5) is 5.69 Å². The summed E-state index contributed by atoms with van der Waals surface area (Å²) in [6, 6.07) is 6.83. The number of fused-ring (bicyclic) bond motifs is 1. The molecule has 1 aromatic rings. The van der Waals surface area contributed by atoms with Crippen LogP contribution in [0.5, 0.6) is 0 Å². The Kier molecular flexibility index (Phi) is 4.51. The van der Waals surface area contributed by atoms with E-state index in [9.17, 15) is 5.11 Å². The topological polar surface area (TPSA) is 35.5 Å². The fourth-order valence-corrected chi connectivity index (χ4v) is 3.89. The van der Waals surface area contributed by atoms with Crippen molar-refractivity contribution in [3.63, 3.8) is 0 Å². The minimum Gasteiger partial charge on any atom is -0.396 e. The summed E-state index contributed by atoms with van der Waals surface area (Å²) in [5.41, 5.74) is 4.37. The SMILES string of the molecule is CN1CCc2cc(CNCC3(CO)CCCCC3)ccc21. The Morgan fingerprint density at radius 1 is 1.24 bits per heavy atom. The average molecular weight is 288 g/mol. The van der Waals surface area contributed by atoms with Crippen molar-refractivity contribution in [2.24, 2.45) is 5.41 Å². The van der Waals surface area contributed by atoms with E-state index in [-0.39, 0.29) is 5.41 Å². The lowest BCUT2D eigenvalue weighted by Gasteiger charge is -2.35. The summed E-state index contributed by atoms with van der Waals surface area (Å²) in [5.74, 6) is 0. The van der Waals surface area contributed by atoms with Crippen LogP contribution in [0.15, 0.2) is 18.2 Å². The third kappa shape index (κ3) is 3.24. The maximum atomic E-state index is 9.75. The summed E-state index contributed by atoms with van der Waals surface area (Å²) < 4.78 is 0. The Labute approximate surface area is 128 Å². The van der Waals surface area contributed by atoms with Crippen molar-refractivity contribution in [1.29, 1.82) is 0 Å². The smallest absolute Gasteiger partial charge is 0.0499 e. The van der Waals surface area contributed by atoms with E-state index < -0.39 is 0 Å². The van der Waals surface area contributed by atoms with E-state index in [1.54, 1.807) is 0 Å². The molecule has 0 saturated heterocycles. The van der Waals surface area contributed by atoms with E-state index in [1.807, 2.05) is 0 Å². The minimum absolute atomic E-state index is 0.134. The standard InChI is InChI=1S/C18H28N2O/c1-20-10-7-16-11-15(5-6-17(16)20)12-19-13-18(14-21)8-3-2-4-9-18/h5-6,11,19,21H,2-4,7-10,12-14H2,1H3. The monoisotopic (exact) mass is 288 g/mol. The van der Waals surface area contributed by atoms with Crippen molar-refractivity contribution in [3.05, 3.63) is 29.3 Å². The lowest BCUT2D eigenvalue weighted by molar-refractivity contribution is 0.0810. The third-order valence-corrected chi connectivity index (χ3v) is 5.35. The molecule has 3 nitrogen and oxygen atoms in total. The molecule has 3 heteroatoms. The van der Waals surface area contributed by atoms with Crippen LogP contribution in [0, 0.1) is 5.41 Å². The molecule has 0 amide bonds. The van der Waals surface area contributed by atoms with Gasteiger partial charge in [0.1, 0.15) is 0 Å². The van der Waals surface area contributed by atoms with Crippen molar-refractivity contribution < 1.29 is 5.11 Å². The van der Waals surface area contributed by atoms with Crippen LogP contribution >= 0.6 is 0 Å². The number of aliphatic hydroxyl groups excluding tert-OH is 1. The Balaban J connectivity index is 1.55. The first-order valence-electron chi connectivity index (χ1n) is 8.37. The molecule has 0 radical (unpaired) electrons. The van der Waals surface area contributed by atoms with Gasteiger partial charge in [-0.15, -0.1) is 0 Å². The van der Waals surface area contributed by atoms with E-state index >= 15 is 0 Å². The second kappa shape index (κ2) is 6.37. The number of benzene rings is 1. The highest BCUT2D eigenvalue weighted by molar-refractivity contribution is 5.58. The highest BCUT2D eigenvalue weighted by atomic mass is 16.3. The summed E-state index contributed by atoms with van der Waals surface area (Å²) in [7, 11) is 2.16. The molecule has 0 spiro atoms. The third-order valence-electron chi connectivity index (χ3n) is 5.35. The summed E-state index contributed by atoms with van der Waals surface area (Å²) >= 11 is 0. The van der Waals surface area contributed by atoms with Gasteiger partial charge in [-0.2, -0.15) is 0 Å². The molecule has 2 aliphatic rings. The van der Waals surface area contributed by atoms with Gasteiger partial charge in [0.15, 0.2) is 0 Å². The molecule has 0 aromatic heterocycles. The molecule has 0 unspecified atom stereocenters. The molecule has 1 heterocycles. The molecule has 1 aliphatic heterocycles. The van der Waals surface area contributed by atoms with Crippen molar-refractivity contribution >= 4 is 5.69 Å².